The van der Waals surface area contributed by atoms with Crippen LogP contribution in [0.2, 0.25) is 0 Å². The van der Waals surface area contributed by atoms with Crippen LogP contribution in [0.3, 0.4) is 0 Å². The molecule has 0 radical (unpaired) electrons. The Bertz CT molecular complexity index is 386. The van der Waals surface area contributed by atoms with Crippen molar-refractivity contribution in [1.29, 1.82) is 0 Å². The normalized spacial score (nSPS) is 26.0. The highest BCUT2D eigenvalue weighted by molar-refractivity contribution is 6.01. The highest BCUT2D eigenvalue weighted by atomic mass is 16.3. The molecule has 0 fully saturated rings. The van der Waals surface area contributed by atoms with Crippen molar-refractivity contribution >= 4 is 5.78 Å². The van der Waals surface area contributed by atoms with Gasteiger partial charge in [0.15, 0.2) is 5.78 Å². The first-order chi connectivity index (χ1) is 6.61. The van der Waals surface area contributed by atoms with E-state index < -0.39 is 12.2 Å². The van der Waals surface area contributed by atoms with Gasteiger partial charge in [0.25, 0.3) is 0 Å². The molecule has 0 spiro atoms. The van der Waals surface area contributed by atoms with Gasteiger partial charge in [-0.3, -0.25) is 4.79 Å². The molecule has 14 heavy (non-hydrogen) atoms. The molecule has 4 heteroatoms. The number of benzene rings is 1. The molecule has 3 N–H and O–H groups in total. The molecule has 0 bridgehead atoms. The lowest BCUT2D eigenvalue weighted by molar-refractivity contribution is 0.00844. The lowest BCUT2D eigenvalue weighted by atomic mass is 9.86. The van der Waals surface area contributed by atoms with E-state index in [1.165, 1.54) is 18.2 Å². The average molecular weight is 194 g/mol. The largest absolute Gasteiger partial charge is 0.507 e. The van der Waals surface area contributed by atoms with Crippen molar-refractivity contribution in [2.75, 3.05) is 0 Å². The third kappa shape index (κ3) is 1.20. The van der Waals surface area contributed by atoms with Crippen molar-refractivity contribution in [1.82, 2.24) is 0 Å². The Hall–Kier alpha value is -1.39. The van der Waals surface area contributed by atoms with Gasteiger partial charge in [-0.1, -0.05) is 12.1 Å². The third-order valence-electron chi connectivity index (χ3n) is 2.43. The van der Waals surface area contributed by atoms with Gasteiger partial charge in [-0.05, 0) is 11.6 Å². The Labute approximate surface area is 80.4 Å². The molecule has 0 amide bonds. The van der Waals surface area contributed by atoms with Gasteiger partial charge in [0.2, 0.25) is 0 Å². The highest BCUT2D eigenvalue weighted by Gasteiger charge is 2.33. The minimum atomic E-state index is -1.09. The second-order valence-corrected chi connectivity index (χ2v) is 3.38. The number of aromatic hydroxyl groups is 1. The first kappa shape index (κ1) is 9.18. The summed E-state index contributed by atoms with van der Waals surface area (Å²) in [5.74, 6) is -0.477. The van der Waals surface area contributed by atoms with E-state index >= 15 is 0 Å². The van der Waals surface area contributed by atoms with E-state index in [4.69, 9.17) is 0 Å². The van der Waals surface area contributed by atoms with Crippen molar-refractivity contribution in [3.8, 4) is 5.75 Å². The standard InChI is InChI=1S/C10H10O4/c11-6-3-1-2-5-9(6)7(12)4-8(13)10(5)14/h1-3,8,10-11,13-14H,4H2/t8-,10-/m1/s1. The van der Waals surface area contributed by atoms with Crippen LogP contribution in [-0.4, -0.2) is 27.2 Å². The van der Waals surface area contributed by atoms with E-state index in [0.29, 0.717) is 5.56 Å². The first-order valence-electron chi connectivity index (χ1n) is 4.32. The minimum Gasteiger partial charge on any atom is -0.507 e. The summed E-state index contributed by atoms with van der Waals surface area (Å²) in [6.07, 6.45) is -2.31. The van der Waals surface area contributed by atoms with Crippen molar-refractivity contribution in [2.45, 2.75) is 18.6 Å². The van der Waals surface area contributed by atoms with Crippen molar-refractivity contribution in [2.24, 2.45) is 0 Å². The van der Waals surface area contributed by atoms with Gasteiger partial charge in [0.05, 0.1) is 11.7 Å². The van der Waals surface area contributed by atoms with Crippen molar-refractivity contribution < 1.29 is 20.1 Å². The number of fused-ring (bicyclic) bond motifs is 1. The predicted octanol–water partition coefficient (Wildman–Crippen LogP) is 0.373. The average Bonchev–Trinajstić information content (AvgIpc) is 2.14. The van der Waals surface area contributed by atoms with Crippen LogP contribution in [0.1, 0.15) is 28.4 Å². The van der Waals surface area contributed by atoms with Crippen LogP contribution in [0, 0.1) is 0 Å². The lowest BCUT2D eigenvalue weighted by Crippen LogP contribution is -2.29. The van der Waals surface area contributed by atoms with E-state index in [2.05, 4.69) is 0 Å². The summed E-state index contributed by atoms with van der Waals surface area (Å²) in [6, 6.07) is 4.45. The van der Waals surface area contributed by atoms with Crippen LogP contribution in [0.15, 0.2) is 18.2 Å². The van der Waals surface area contributed by atoms with Crippen LogP contribution in [0.4, 0.5) is 0 Å². The number of carbonyl (C=O) groups excluding carboxylic acids is 1. The Morgan fingerprint density at radius 2 is 2.00 bits per heavy atom. The molecule has 4 nitrogen and oxygen atoms in total. The fourth-order valence-electron chi connectivity index (χ4n) is 1.72. The molecule has 0 saturated carbocycles. The van der Waals surface area contributed by atoms with Crippen molar-refractivity contribution in [3.05, 3.63) is 29.3 Å². The maximum atomic E-state index is 11.4. The molecule has 2 atom stereocenters. The summed E-state index contributed by atoms with van der Waals surface area (Å²) >= 11 is 0. The van der Waals surface area contributed by atoms with Gasteiger partial charge in [0, 0.05) is 6.42 Å². The highest BCUT2D eigenvalue weighted by Crippen LogP contribution is 2.34. The second-order valence-electron chi connectivity index (χ2n) is 3.38. The Morgan fingerprint density at radius 3 is 2.71 bits per heavy atom. The number of phenolic OH excluding ortho intramolecular Hbond substituents is 1. The quantitative estimate of drug-likeness (QED) is 0.557. The van der Waals surface area contributed by atoms with Gasteiger partial charge in [-0.15, -0.1) is 0 Å². The van der Waals surface area contributed by atoms with Gasteiger partial charge in [-0.25, -0.2) is 0 Å². The van der Waals surface area contributed by atoms with Crippen molar-refractivity contribution in [3.63, 3.8) is 0 Å². The van der Waals surface area contributed by atoms with E-state index in [0.717, 1.165) is 0 Å². The van der Waals surface area contributed by atoms with Gasteiger partial charge in [-0.2, -0.15) is 0 Å². The van der Waals surface area contributed by atoms with Crippen LogP contribution >= 0.6 is 0 Å². The summed E-state index contributed by atoms with van der Waals surface area (Å²) in [6.45, 7) is 0. The number of hydrogen-bond acceptors (Lipinski definition) is 4. The number of aliphatic hydroxyl groups is 2. The van der Waals surface area contributed by atoms with E-state index in [9.17, 15) is 20.1 Å². The maximum Gasteiger partial charge on any atom is 0.169 e. The van der Waals surface area contributed by atoms with Crippen LogP contribution in [-0.2, 0) is 0 Å². The lowest BCUT2D eigenvalue weighted by Gasteiger charge is -2.25. The van der Waals surface area contributed by atoms with Crippen LogP contribution < -0.4 is 0 Å². The monoisotopic (exact) mass is 194 g/mol. The zero-order valence-corrected chi connectivity index (χ0v) is 7.34. The molecule has 74 valence electrons. The number of aliphatic hydroxyl groups excluding tert-OH is 2. The Morgan fingerprint density at radius 1 is 1.29 bits per heavy atom. The number of hydrogen-bond donors (Lipinski definition) is 3. The molecule has 0 aliphatic heterocycles. The van der Waals surface area contributed by atoms with Gasteiger partial charge >= 0.3 is 0 Å². The first-order valence-corrected chi connectivity index (χ1v) is 4.32. The number of rotatable bonds is 0. The molecule has 0 unspecified atom stereocenters. The van der Waals surface area contributed by atoms with Crippen LogP contribution in [0.25, 0.3) is 0 Å². The fraction of sp³-hybridized carbons (Fsp3) is 0.300. The summed E-state index contributed by atoms with van der Waals surface area (Å²) in [5, 5.41) is 28.3. The summed E-state index contributed by atoms with van der Waals surface area (Å²) < 4.78 is 0. The SMILES string of the molecule is O=C1C[C@@H](O)[C@H](O)c2cccc(O)c21. The Kier molecular flexibility index (Phi) is 2.02. The minimum absolute atomic E-state index is 0.130. The van der Waals surface area contributed by atoms with Gasteiger partial charge < -0.3 is 15.3 Å². The number of phenols is 1. The predicted molar refractivity (Wildman–Crippen MR) is 48.0 cm³/mol. The van der Waals surface area contributed by atoms with Gasteiger partial charge in [0.1, 0.15) is 11.9 Å². The zero-order chi connectivity index (χ0) is 10.3. The second kappa shape index (κ2) is 3.08. The molecule has 1 aromatic carbocycles. The molecule has 1 aliphatic carbocycles. The summed E-state index contributed by atoms with van der Waals surface area (Å²) in [4.78, 5) is 11.4. The molecular weight excluding hydrogens is 184 g/mol. The molecule has 1 aliphatic rings. The van der Waals surface area contributed by atoms with E-state index in [1.807, 2.05) is 0 Å². The Balaban J connectivity index is 2.61. The number of ketones is 1. The zero-order valence-electron chi connectivity index (χ0n) is 7.34. The number of carbonyl (C=O) groups is 1. The fourth-order valence-corrected chi connectivity index (χ4v) is 1.72. The van der Waals surface area contributed by atoms with Crippen LogP contribution in [0.5, 0.6) is 5.75 Å². The molecular formula is C10H10O4. The molecule has 0 saturated heterocycles. The molecule has 2 rings (SSSR count). The smallest absolute Gasteiger partial charge is 0.169 e. The molecule has 0 aromatic heterocycles. The third-order valence-corrected chi connectivity index (χ3v) is 2.43. The summed E-state index contributed by atoms with van der Waals surface area (Å²) in [7, 11) is 0. The summed E-state index contributed by atoms with van der Waals surface area (Å²) in [5.41, 5.74) is 0.430. The number of Topliss-reactive ketones (excluding diaryl/α,β-unsaturated/α-hetero) is 1. The molecule has 1 aromatic rings. The molecule has 0 heterocycles. The van der Waals surface area contributed by atoms with E-state index in [1.54, 1.807) is 0 Å². The topological polar surface area (TPSA) is 77.8 Å². The maximum absolute atomic E-state index is 11.4. The van der Waals surface area contributed by atoms with E-state index in [-0.39, 0.29) is 23.5 Å².